The van der Waals surface area contributed by atoms with Crippen molar-refractivity contribution < 1.29 is 9.47 Å². The number of hydrogen-bond acceptors (Lipinski definition) is 3. The number of hydrogen-bond donors (Lipinski definition) is 1. The van der Waals surface area contributed by atoms with Crippen LogP contribution in [0.15, 0.2) is 18.2 Å². The van der Waals surface area contributed by atoms with Crippen molar-refractivity contribution >= 4 is 5.69 Å². The average Bonchev–Trinajstić information content (AvgIpc) is 2.22. The van der Waals surface area contributed by atoms with Crippen molar-refractivity contribution in [2.75, 3.05) is 5.73 Å². The molecule has 0 saturated carbocycles. The van der Waals surface area contributed by atoms with E-state index in [9.17, 15) is 0 Å². The van der Waals surface area contributed by atoms with Gasteiger partial charge in [-0.15, -0.1) is 0 Å². The molecule has 1 saturated heterocycles. The van der Waals surface area contributed by atoms with Crippen LogP contribution in [0.5, 0.6) is 5.75 Å². The van der Waals surface area contributed by atoms with Gasteiger partial charge in [0.15, 0.2) is 0 Å². The molecule has 0 aromatic heterocycles. The maximum absolute atomic E-state index is 6.00. The Morgan fingerprint density at radius 2 is 1.88 bits per heavy atom. The Kier molecular flexibility index (Phi) is 3.57. The summed E-state index contributed by atoms with van der Waals surface area (Å²) in [6.45, 7) is 6.22. The van der Waals surface area contributed by atoms with E-state index in [-0.39, 0.29) is 18.3 Å². The predicted molar refractivity (Wildman–Crippen MR) is 69.3 cm³/mol. The van der Waals surface area contributed by atoms with Crippen molar-refractivity contribution in [3.8, 4) is 5.75 Å². The summed E-state index contributed by atoms with van der Waals surface area (Å²) >= 11 is 0. The van der Waals surface area contributed by atoms with Crippen LogP contribution < -0.4 is 10.5 Å². The first-order chi connectivity index (χ1) is 8.04. The largest absolute Gasteiger partial charge is 0.488 e. The van der Waals surface area contributed by atoms with Crippen LogP contribution in [0, 0.1) is 6.92 Å². The highest BCUT2D eigenvalue weighted by atomic mass is 16.5. The van der Waals surface area contributed by atoms with Crippen molar-refractivity contribution in [1.29, 1.82) is 0 Å². The molecule has 1 aromatic rings. The second-order valence-electron chi connectivity index (χ2n) is 5.01. The van der Waals surface area contributed by atoms with E-state index in [1.807, 2.05) is 25.1 Å². The van der Waals surface area contributed by atoms with Gasteiger partial charge in [-0.25, -0.2) is 0 Å². The minimum atomic E-state index is 0.206. The molecular weight excluding hydrogens is 214 g/mol. The summed E-state index contributed by atoms with van der Waals surface area (Å²) in [6.07, 6.45) is 2.58. The summed E-state index contributed by atoms with van der Waals surface area (Å²) in [7, 11) is 0. The number of aryl methyl sites for hydroxylation is 1. The van der Waals surface area contributed by atoms with Gasteiger partial charge in [-0.1, -0.05) is 6.07 Å². The van der Waals surface area contributed by atoms with Crippen LogP contribution in [0.1, 0.15) is 32.3 Å². The number of nitrogens with two attached hydrogens (primary N) is 1. The van der Waals surface area contributed by atoms with Crippen molar-refractivity contribution in [2.24, 2.45) is 0 Å². The summed E-state index contributed by atoms with van der Waals surface area (Å²) in [5.74, 6) is 0.802. The molecule has 1 aliphatic heterocycles. The molecule has 94 valence electrons. The van der Waals surface area contributed by atoms with Crippen LogP contribution in [0.3, 0.4) is 0 Å². The molecule has 2 unspecified atom stereocenters. The molecular formula is C14H21NO2. The van der Waals surface area contributed by atoms with E-state index in [4.69, 9.17) is 15.2 Å². The molecule has 0 bridgehead atoms. The van der Waals surface area contributed by atoms with Crippen LogP contribution in [-0.2, 0) is 4.74 Å². The van der Waals surface area contributed by atoms with E-state index in [0.29, 0.717) is 5.69 Å². The molecule has 0 spiro atoms. The minimum absolute atomic E-state index is 0.206. The average molecular weight is 235 g/mol. The Bertz CT molecular complexity index is 382. The fraction of sp³-hybridized carbons (Fsp3) is 0.571. The monoisotopic (exact) mass is 235 g/mol. The highest BCUT2D eigenvalue weighted by Crippen LogP contribution is 2.28. The molecule has 2 N–H and O–H groups in total. The maximum atomic E-state index is 6.00. The Hall–Kier alpha value is -1.22. The zero-order valence-corrected chi connectivity index (χ0v) is 10.8. The second-order valence-corrected chi connectivity index (χ2v) is 5.01. The normalized spacial score (nSPS) is 29.0. The topological polar surface area (TPSA) is 44.5 Å². The number of nitrogen functional groups attached to an aromatic ring is 1. The summed E-state index contributed by atoms with van der Waals surface area (Å²) in [5, 5.41) is 0. The highest BCUT2D eigenvalue weighted by Gasteiger charge is 2.26. The van der Waals surface area contributed by atoms with Gasteiger partial charge in [0.25, 0.3) is 0 Å². The Morgan fingerprint density at radius 3 is 2.53 bits per heavy atom. The van der Waals surface area contributed by atoms with Crippen LogP contribution in [0.2, 0.25) is 0 Å². The van der Waals surface area contributed by atoms with E-state index in [0.717, 1.165) is 18.6 Å². The number of rotatable bonds is 2. The van der Waals surface area contributed by atoms with Crippen LogP contribution in [0.25, 0.3) is 0 Å². The first-order valence-electron chi connectivity index (χ1n) is 6.23. The highest BCUT2D eigenvalue weighted by molar-refractivity contribution is 5.53. The molecule has 17 heavy (non-hydrogen) atoms. The predicted octanol–water partition coefficient (Wildman–Crippen LogP) is 2.91. The zero-order valence-electron chi connectivity index (χ0n) is 10.8. The Labute approximate surface area is 103 Å². The van der Waals surface area contributed by atoms with Crippen molar-refractivity contribution in [1.82, 2.24) is 0 Å². The molecule has 2 rings (SSSR count). The van der Waals surface area contributed by atoms with Crippen LogP contribution in [-0.4, -0.2) is 18.3 Å². The lowest BCUT2D eigenvalue weighted by Crippen LogP contribution is -2.35. The molecule has 2 atom stereocenters. The zero-order chi connectivity index (χ0) is 12.4. The Balaban J connectivity index is 2.07. The van der Waals surface area contributed by atoms with Gasteiger partial charge < -0.3 is 15.2 Å². The second kappa shape index (κ2) is 4.96. The lowest BCUT2D eigenvalue weighted by Gasteiger charge is -2.32. The van der Waals surface area contributed by atoms with Gasteiger partial charge in [0.1, 0.15) is 11.9 Å². The molecule has 1 heterocycles. The molecule has 1 aromatic carbocycles. The maximum Gasteiger partial charge on any atom is 0.142 e. The standard InChI is InChI=1S/C14H21NO2/c1-9-4-5-13(15)14(6-9)17-12-7-10(2)16-11(3)8-12/h4-6,10-12H,7-8,15H2,1-3H3. The number of benzene rings is 1. The third-order valence-electron chi connectivity index (χ3n) is 3.12. The molecule has 3 nitrogen and oxygen atoms in total. The van der Waals surface area contributed by atoms with Gasteiger partial charge in [0.2, 0.25) is 0 Å². The Morgan fingerprint density at radius 1 is 1.24 bits per heavy atom. The molecule has 0 radical (unpaired) electrons. The van der Waals surface area contributed by atoms with Crippen LogP contribution >= 0.6 is 0 Å². The fourth-order valence-corrected chi connectivity index (χ4v) is 2.36. The van der Waals surface area contributed by atoms with E-state index in [1.165, 1.54) is 5.56 Å². The quantitative estimate of drug-likeness (QED) is 0.802. The molecule has 0 amide bonds. The van der Waals surface area contributed by atoms with Gasteiger partial charge >= 0.3 is 0 Å². The molecule has 1 aliphatic rings. The third-order valence-corrected chi connectivity index (χ3v) is 3.12. The summed E-state index contributed by atoms with van der Waals surface area (Å²) in [5.41, 5.74) is 7.80. The number of anilines is 1. The summed E-state index contributed by atoms with van der Waals surface area (Å²) < 4.78 is 11.7. The molecule has 0 aliphatic carbocycles. The van der Waals surface area contributed by atoms with Crippen molar-refractivity contribution in [3.05, 3.63) is 23.8 Å². The molecule has 1 fully saturated rings. The summed E-state index contributed by atoms with van der Waals surface area (Å²) in [4.78, 5) is 0. The van der Waals surface area contributed by atoms with E-state index in [1.54, 1.807) is 0 Å². The van der Waals surface area contributed by atoms with E-state index >= 15 is 0 Å². The first-order valence-corrected chi connectivity index (χ1v) is 6.23. The van der Waals surface area contributed by atoms with Gasteiger partial charge in [0.05, 0.1) is 17.9 Å². The van der Waals surface area contributed by atoms with Gasteiger partial charge in [-0.2, -0.15) is 0 Å². The first kappa shape index (κ1) is 12.2. The van der Waals surface area contributed by atoms with Crippen LogP contribution in [0.4, 0.5) is 5.69 Å². The SMILES string of the molecule is Cc1ccc(N)c(OC2CC(C)OC(C)C2)c1. The number of ether oxygens (including phenoxy) is 2. The fourth-order valence-electron chi connectivity index (χ4n) is 2.36. The molecule has 3 heteroatoms. The van der Waals surface area contributed by atoms with Gasteiger partial charge in [-0.3, -0.25) is 0 Å². The summed E-state index contributed by atoms with van der Waals surface area (Å²) in [6, 6.07) is 5.90. The van der Waals surface area contributed by atoms with Crippen molar-refractivity contribution in [2.45, 2.75) is 51.9 Å². The lowest BCUT2D eigenvalue weighted by atomic mass is 10.0. The van der Waals surface area contributed by atoms with E-state index < -0.39 is 0 Å². The smallest absolute Gasteiger partial charge is 0.142 e. The van der Waals surface area contributed by atoms with Crippen molar-refractivity contribution in [3.63, 3.8) is 0 Å². The third kappa shape index (κ3) is 3.13. The van der Waals surface area contributed by atoms with Gasteiger partial charge in [-0.05, 0) is 38.5 Å². The van der Waals surface area contributed by atoms with Gasteiger partial charge in [0, 0.05) is 12.8 Å². The van der Waals surface area contributed by atoms with E-state index in [2.05, 4.69) is 13.8 Å². The minimum Gasteiger partial charge on any atom is -0.488 e. The lowest BCUT2D eigenvalue weighted by molar-refractivity contribution is -0.0720.